The van der Waals surface area contributed by atoms with Crippen molar-refractivity contribution in [3.63, 3.8) is 0 Å². The van der Waals surface area contributed by atoms with Crippen molar-refractivity contribution in [1.29, 1.82) is 5.26 Å². The maximum atomic E-state index is 11.3. The molecule has 0 aliphatic carbocycles. The van der Waals surface area contributed by atoms with Gasteiger partial charge in [-0.2, -0.15) is 5.26 Å². The fraction of sp³-hybridized carbons (Fsp3) is 0. The summed E-state index contributed by atoms with van der Waals surface area (Å²) in [5.74, 6) is 0. The molecule has 2 aromatic rings. The minimum absolute atomic E-state index is 0.189. The monoisotopic (exact) mass is 203 g/mol. The molecule has 0 spiro atoms. The Labute approximate surface area is 83.5 Å². The molecule has 0 amide bonds. The normalized spacial score (nSPS) is 9.64. The van der Waals surface area contributed by atoms with Gasteiger partial charge in [0.2, 0.25) is 0 Å². The van der Waals surface area contributed by atoms with E-state index in [0.717, 1.165) is 4.88 Å². The van der Waals surface area contributed by atoms with Gasteiger partial charge in [-0.1, -0.05) is 0 Å². The molecule has 4 nitrogen and oxygen atoms in total. The molecule has 0 unspecified atom stereocenters. The molecule has 14 heavy (non-hydrogen) atoms. The number of nitriles is 1. The third kappa shape index (κ3) is 1.43. The second-order valence-electron chi connectivity index (χ2n) is 2.57. The predicted molar refractivity (Wildman–Crippen MR) is 52.9 cm³/mol. The van der Waals surface area contributed by atoms with Gasteiger partial charge in [0.1, 0.15) is 10.9 Å². The number of aromatic nitrogens is 2. The highest BCUT2D eigenvalue weighted by Crippen LogP contribution is 2.24. The third-order valence-electron chi connectivity index (χ3n) is 1.70. The molecule has 0 saturated carbocycles. The summed E-state index contributed by atoms with van der Waals surface area (Å²) in [5.41, 5.74) is 0.310. The van der Waals surface area contributed by atoms with Gasteiger partial charge in [-0.3, -0.25) is 4.79 Å². The van der Waals surface area contributed by atoms with Crippen LogP contribution in [0.5, 0.6) is 0 Å². The van der Waals surface area contributed by atoms with E-state index >= 15 is 0 Å². The first-order valence-corrected chi connectivity index (χ1v) is 4.66. The van der Waals surface area contributed by atoms with Crippen LogP contribution in [0.15, 0.2) is 29.5 Å². The van der Waals surface area contributed by atoms with E-state index in [-0.39, 0.29) is 5.56 Å². The van der Waals surface area contributed by atoms with Crippen LogP contribution in [-0.2, 0) is 0 Å². The van der Waals surface area contributed by atoms with Crippen molar-refractivity contribution in [3.8, 4) is 16.5 Å². The highest BCUT2D eigenvalue weighted by atomic mass is 32.1. The minimum atomic E-state index is -0.189. The molecule has 2 heterocycles. The summed E-state index contributed by atoms with van der Waals surface area (Å²) in [6, 6.07) is 5.45. The lowest BCUT2D eigenvalue weighted by Gasteiger charge is -1.92. The van der Waals surface area contributed by atoms with E-state index in [4.69, 9.17) is 5.26 Å². The van der Waals surface area contributed by atoms with Gasteiger partial charge in [0.05, 0.1) is 11.9 Å². The predicted octanol–water partition coefficient (Wildman–Crippen LogP) is 1.37. The van der Waals surface area contributed by atoms with Crippen LogP contribution in [-0.4, -0.2) is 9.97 Å². The average molecular weight is 203 g/mol. The molecular weight excluding hydrogens is 198 g/mol. The average Bonchev–Trinajstić information content (AvgIpc) is 2.67. The first-order chi connectivity index (χ1) is 6.81. The molecule has 0 radical (unpaired) electrons. The van der Waals surface area contributed by atoms with Gasteiger partial charge >= 0.3 is 0 Å². The van der Waals surface area contributed by atoms with Crippen molar-refractivity contribution in [1.82, 2.24) is 9.97 Å². The Balaban J connectivity index is 2.56. The molecular formula is C9H5N3OS. The molecule has 0 aliphatic rings. The van der Waals surface area contributed by atoms with E-state index in [9.17, 15) is 4.79 Å². The number of H-pyrrole nitrogens is 1. The van der Waals surface area contributed by atoms with Crippen molar-refractivity contribution in [2.75, 3.05) is 0 Å². The summed E-state index contributed by atoms with van der Waals surface area (Å²) in [7, 11) is 0. The van der Waals surface area contributed by atoms with Gasteiger partial charge in [0.25, 0.3) is 5.56 Å². The Hall–Kier alpha value is -1.93. The third-order valence-corrected chi connectivity index (χ3v) is 2.72. The summed E-state index contributed by atoms with van der Waals surface area (Å²) in [4.78, 5) is 19.0. The lowest BCUT2D eigenvalue weighted by atomic mass is 10.3. The Morgan fingerprint density at radius 3 is 3.00 bits per heavy atom. The number of nitrogens with one attached hydrogen (secondary N) is 1. The molecule has 5 heteroatoms. The smallest absolute Gasteiger partial charge is 0.259 e. The van der Waals surface area contributed by atoms with Crippen LogP contribution in [0, 0.1) is 11.3 Å². The molecule has 0 fully saturated rings. The van der Waals surface area contributed by atoms with Gasteiger partial charge < -0.3 is 4.98 Å². The Kier molecular flexibility index (Phi) is 2.13. The first-order valence-electron chi connectivity index (χ1n) is 3.84. The maximum absolute atomic E-state index is 11.3. The fourth-order valence-electron chi connectivity index (χ4n) is 1.06. The van der Waals surface area contributed by atoms with Crippen molar-refractivity contribution in [2.24, 2.45) is 0 Å². The van der Waals surface area contributed by atoms with Gasteiger partial charge in [-0.15, -0.1) is 11.3 Å². The number of rotatable bonds is 1. The molecule has 2 rings (SSSR count). The van der Waals surface area contributed by atoms with Crippen LogP contribution < -0.4 is 5.56 Å². The second-order valence-corrected chi connectivity index (χ2v) is 3.65. The zero-order valence-corrected chi connectivity index (χ0v) is 7.84. The Morgan fingerprint density at radius 1 is 1.50 bits per heavy atom. The molecule has 2 aromatic heterocycles. The van der Waals surface area contributed by atoms with Gasteiger partial charge in [-0.05, 0) is 12.1 Å². The fourth-order valence-corrected chi connectivity index (χ4v) is 1.87. The zero-order valence-electron chi connectivity index (χ0n) is 7.02. The van der Waals surface area contributed by atoms with Crippen molar-refractivity contribution in [2.45, 2.75) is 0 Å². The van der Waals surface area contributed by atoms with Crippen LogP contribution >= 0.6 is 11.3 Å². The zero-order chi connectivity index (χ0) is 9.97. The summed E-state index contributed by atoms with van der Waals surface area (Å²) in [6.45, 7) is 0. The van der Waals surface area contributed by atoms with Crippen molar-refractivity contribution < 1.29 is 0 Å². The lowest BCUT2D eigenvalue weighted by Crippen LogP contribution is -2.07. The minimum Gasteiger partial charge on any atom is -0.313 e. The van der Waals surface area contributed by atoms with E-state index in [1.807, 2.05) is 6.07 Å². The highest BCUT2D eigenvalue weighted by Gasteiger charge is 2.05. The summed E-state index contributed by atoms with van der Waals surface area (Å²) < 4.78 is 0. The van der Waals surface area contributed by atoms with Crippen LogP contribution in [0.2, 0.25) is 0 Å². The topological polar surface area (TPSA) is 69.5 Å². The SMILES string of the molecule is N#Cc1ccc(-c2cnc[nH]c2=O)s1. The molecule has 0 aliphatic heterocycles. The van der Waals surface area contributed by atoms with Crippen LogP contribution in [0.4, 0.5) is 0 Å². The molecule has 0 saturated heterocycles. The molecule has 1 N–H and O–H groups in total. The highest BCUT2D eigenvalue weighted by molar-refractivity contribution is 7.16. The Bertz CT molecular complexity index is 549. The second kappa shape index (κ2) is 3.44. The van der Waals surface area contributed by atoms with Crippen LogP contribution in [0.3, 0.4) is 0 Å². The van der Waals surface area contributed by atoms with Gasteiger partial charge in [0, 0.05) is 11.1 Å². The number of aromatic amines is 1. The number of hydrogen-bond acceptors (Lipinski definition) is 4. The first kappa shape index (κ1) is 8.66. The van der Waals surface area contributed by atoms with E-state index in [1.54, 1.807) is 12.1 Å². The number of hydrogen-bond donors (Lipinski definition) is 1. The van der Waals surface area contributed by atoms with Gasteiger partial charge in [0.15, 0.2) is 0 Å². The number of nitrogens with zero attached hydrogens (tertiary/aromatic N) is 2. The quantitative estimate of drug-likeness (QED) is 0.761. The van der Waals surface area contributed by atoms with E-state index in [1.165, 1.54) is 23.9 Å². The molecule has 0 atom stereocenters. The van der Waals surface area contributed by atoms with E-state index in [0.29, 0.717) is 10.4 Å². The van der Waals surface area contributed by atoms with E-state index < -0.39 is 0 Å². The summed E-state index contributed by atoms with van der Waals surface area (Å²) in [6.07, 6.45) is 2.83. The van der Waals surface area contributed by atoms with Crippen molar-refractivity contribution >= 4 is 11.3 Å². The number of thiophene rings is 1. The molecule has 0 aromatic carbocycles. The largest absolute Gasteiger partial charge is 0.313 e. The summed E-state index contributed by atoms with van der Waals surface area (Å²) in [5, 5.41) is 8.63. The lowest BCUT2D eigenvalue weighted by molar-refractivity contribution is 1.12. The van der Waals surface area contributed by atoms with Crippen LogP contribution in [0.1, 0.15) is 4.88 Å². The molecule has 68 valence electrons. The van der Waals surface area contributed by atoms with E-state index in [2.05, 4.69) is 9.97 Å². The Morgan fingerprint density at radius 2 is 2.36 bits per heavy atom. The van der Waals surface area contributed by atoms with Crippen LogP contribution in [0.25, 0.3) is 10.4 Å². The molecule has 0 bridgehead atoms. The maximum Gasteiger partial charge on any atom is 0.259 e. The summed E-state index contributed by atoms with van der Waals surface area (Å²) >= 11 is 1.28. The standard InChI is InChI=1S/C9H5N3OS/c10-3-6-1-2-8(14-6)7-4-11-5-12-9(7)13/h1-2,4-5H,(H,11,12,13). The van der Waals surface area contributed by atoms with Crippen molar-refractivity contribution in [3.05, 3.63) is 39.9 Å². The van der Waals surface area contributed by atoms with Gasteiger partial charge in [-0.25, -0.2) is 4.98 Å².